The Balaban J connectivity index is 2.59. The first-order valence-electron chi connectivity index (χ1n) is 6.46. The van der Waals surface area contributed by atoms with Gasteiger partial charge in [-0.1, -0.05) is 6.92 Å². The van der Waals surface area contributed by atoms with Crippen molar-refractivity contribution in [2.45, 2.75) is 32.4 Å². The third-order valence-corrected chi connectivity index (χ3v) is 3.34. The Kier molecular flexibility index (Phi) is 3.84. The third-order valence-electron chi connectivity index (χ3n) is 3.34. The Hall–Kier alpha value is -2.57. The lowest BCUT2D eigenvalue weighted by Gasteiger charge is -2.36. The summed E-state index contributed by atoms with van der Waals surface area (Å²) in [5, 5.41) is 18.3. The minimum atomic E-state index is -1.16. The zero-order chi connectivity index (χ0) is 15.7. The molecule has 2 atom stereocenters. The number of hydrogen-bond acceptors (Lipinski definition) is 4. The fourth-order valence-corrected chi connectivity index (χ4v) is 2.28. The van der Waals surface area contributed by atoms with Crippen LogP contribution in [0.5, 0.6) is 5.75 Å². The molecule has 0 saturated heterocycles. The number of aromatic carboxylic acids is 1. The highest BCUT2D eigenvalue weighted by atomic mass is 16.5. The molecule has 0 fully saturated rings. The average molecular weight is 293 g/mol. The number of benzene rings is 1. The topological polar surface area (TPSA) is 104 Å². The first kappa shape index (κ1) is 14.8. The van der Waals surface area contributed by atoms with Crippen LogP contribution in [0.3, 0.4) is 0 Å². The van der Waals surface area contributed by atoms with Crippen molar-refractivity contribution in [2.24, 2.45) is 0 Å². The number of nitrogens with zero attached hydrogens (tertiary/aromatic N) is 1. The molecule has 1 aromatic rings. The van der Waals surface area contributed by atoms with E-state index in [1.165, 1.54) is 25.1 Å². The number of ether oxygens (including phenoxy) is 1. The van der Waals surface area contributed by atoms with Crippen LogP contribution in [0, 0.1) is 0 Å². The quantitative estimate of drug-likeness (QED) is 0.868. The van der Waals surface area contributed by atoms with E-state index in [1.54, 1.807) is 6.92 Å². The SMILES string of the molecule is CCC(C(=O)O)N1C(=O)C(C)Oc2ccc(C(=O)O)cc21. The zero-order valence-electron chi connectivity index (χ0n) is 11.6. The van der Waals surface area contributed by atoms with E-state index in [1.807, 2.05) is 0 Å². The molecular formula is C14H15NO6. The number of carbonyl (C=O) groups is 3. The van der Waals surface area contributed by atoms with Gasteiger partial charge in [0.25, 0.3) is 5.91 Å². The molecule has 0 aliphatic carbocycles. The van der Waals surface area contributed by atoms with Gasteiger partial charge in [0.05, 0.1) is 11.3 Å². The van der Waals surface area contributed by atoms with Gasteiger partial charge < -0.3 is 14.9 Å². The minimum absolute atomic E-state index is 0.0371. The maximum atomic E-state index is 12.3. The van der Waals surface area contributed by atoms with Crippen LogP contribution >= 0.6 is 0 Å². The molecule has 2 unspecified atom stereocenters. The Morgan fingerprint density at radius 1 is 1.38 bits per heavy atom. The molecule has 2 rings (SSSR count). The van der Waals surface area contributed by atoms with E-state index in [0.29, 0.717) is 5.75 Å². The van der Waals surface area contributed by atoms with Gasteiger partial charge in [-0.25, -0.2) is 9.59 Å². The van der Waals surface area contributed by atoms with Gasteiger partial charge in [-0.05, 0) is 31.5 Å². The van der Waals surface area contributed by atoms with Crippen molar-refractivity contribution < 1.29 is 29.3 Å². The Labute approximate surface area is 120 Å². The van der Waals surface area contributed by atoms with Crippen LogP contribution in [0.15, 0.2) is 18.2 Å². The molecule has 2 N–H and O–H groups in total. The Bertz CT molecular complexity index is 611. The summed E-state index contributed by atoms with van der Waals surface area (Å²) in [4.78, 5) is 35.8. The summed E-state index contributed by atoms with van der Waals surface area (Å²) in [6.07, 6.45) is -0.619. The van der Waals surface area contributed by atoms with Crippen LogP contribution in [0.2, 0.25) is 0 Å². The monoisotopic (exact) mass is 293 g/mol. The summed E-state index contributed by atoms with van der Waals surface area (Å²) in [5.41, 5.74) is 0.136. The molecule has 112 valence electrons. The van der Waals surface area contributed by atoms with Crippen LogP contribution < -0.4 is 9.64 Å². The predicted octanol–water partition coefficient (Wildman–Crippen LogP) is 1.36. The zero-order valence-corrected chi connectivity index (χ0v) is 11.6. The van der Waals surface area contributed by atoms with E-state index in [9.17, 15) is 19.5 Å². The molecule has 1 aliphatic heterocycles. The normalized spacial score (nSPS) is 18.7. The molecule has 0 spiro atoms. The lowest BCUT2D eigenvalue weighted by atomic mass is 10.1. The van der Waals surface area contributed by atoms with E-state index in [-0.39, 0.29) is 17.7 Å². The summed E-state index contributed by atoms with van der Waals surface area (Å²) in [6.45, 7) is 3.17. The molecule has 0 radical (unpaired) electrons. The summed E-state index contributed by atoms with van der Waals surface area (Å²) in [6, 6.07) is 2.98. The minimum Gasteiger partial charge on any atom is -0.480 e. The van der Waals surface area contributed by atoms with Crippen molar-refractivity contribution in [3.8, 4) is 5.75 Å². The lowest BCUT2D eigenvalue weighted by Crippen LogP contribution is -2.52. The first-order valence-corrected chi connectivity index (χ1v) is 6.46. The summed E-state index contributed by atoms with van der Waals surface area (Å²) in [5.74, 6) is -2.51. The van der Waals surface area contributed by atoms with Crippen LogP contribution in [0.25, 0.3) is 0 Å². The standard InChI is InChI=1S/C14H15NO6/c1-3-9(14(19)20)15-10-6-8(13(17)18)4-5-11(10)21-7(2)12(15)16/h4-7,9H,3H2,1-2H3,(H,17,18)(H,19,20). The molecule has 0 aromatic heterocycles. The van der Waals surface area contributed by atoms with Crippen molar-refractivity contribution in [3.63, 3.8) is 0 Å². The van der Waals surface area contributed by atoms with E-state index in [0.717, 1.165) is 4.90 Å². The van der Waals surface area contributed by atoms with E-state index in [4.69, 9.17) is 9.84 Å². The second-order valence-electron chi connectivity index (χ2n) is 4.72. The summed E-state index contributed by atoms with van der Waals surface area (Å²) in [7, 11) is 0. The highest BCUT2D eigenvalue weighted by molar-refractivity contribution is 6.05. The number of rotatable bonds is 4. The van der Waals surface area contributed by atoms with Crippen molar-refractivity contribution in [1.29, 1.82) is 0 Å². The van der Waals surface area contributed by atoms with Gasteiger partial charge >= 0.3 is 11.9 Å². The van der Waals surface area contributed by atoms with E-state index >= 15 is 0 Å². The van der Waals surface area contributed by atoms with E-state index in [2.05, 4.69) is 0 Å². The number of amides is 1. The second kappa shape index (κ2) is 5.43. The van der Waals surface area contributed by atoms with Crippen LogP contribution in [-0.4, -0.2) is 40.2 Å². The lowest BCUT2D eigenvalue weighted by molar-refractivity contribution is -0.141. The molecular weight excluding hydrogens is 278 g/mol. The van der Waals surface area contributed by atoms with Gasteiger partial charge in [-0.2, -0.15) is 0 Å². The van der Waals surface area contributed by atoms with Gasteiger partial charge in [-0.3, -0.25) is 9.69 Å². The molecule has 7 nitrogen and oxygen atoms in total. The summed E-state index contributed by atoms with van der Waals surface area (Å²) >= 11 is 0. The van der Waals surface area contributed by atoms with Gasteiger partial charge in [-0.15, -0.1) is 0 Å². The molecule has 7 heteroatoms. The van der Waals surface area contributed by atoms with Crippen molar-refractivity contribution in [1.82, 2.24) is 0 Å². The fraction of sp³-hybridized carbons (Fsp3) is 0.357. The number of anilines is 1. The van der Waals surface area contributed by atoms with Crippen molar-refractivity contribution in [2.75, 3.05) is 4.90 Å². The van der Waals surface area contributed by atoms with E-state index < -0.39 is 30.0 Å². The van der Waals surface area contributed by atoms with Gasteiger partial charge in [0.1, 0.15) is 11.8 Å². The third kappa shape index (κ3) is 2.54. The highest BCUT2D eigenvalue weighted by Gasteiger charge is 2.38. The van der Waals surface area contributed by atoms with Crippen molar-refractivity contribution >= 4 is 23.5 Å². The number of carboxylic acid groups (broad SMARTS) is 2. The average Bonchev–Trinajstić information content (AvgIpc) is 2.42. The molecule has 0 saturated carbocycles. The maximum Gasteiger partial charge on any atom is 0.335 e. The maximum absolute atomic E-state index is 12.3. The Morgan fingerprint density at radius 3 is 2.57 bits per heavy atom. The summed E-state index contributed by atoms with van der Waals surface area (Å²) < 4.78 is 5.41. The molecule has 1 heterocycles. The molecule has 1 aliphatic rings. The van der Waals surface area contributed by atoms with Gasteiger partial charge in [0.15, 0.2) is 6.10 Å². The highest BCUT2D eigenvalue weighted by Crippen LogP contribution is 2.36. The van der Waals surface area contributed by atoms with Crippen molar-refractivity contribution in [3.05, 3.63) is 23.8 Å². The molecule has 21 heavy (non-hydrogen) atoms. The van der Waals surface area contributed by atoms with Crippen LogP contribution in [0.1, 0.15) is 30.6 Å². The number of hydrogen-bond donors (Lipinski definition) is 2. The number of carbonyl (C=O) groups excluding carboxylic acids is 1. The molecule has 0 bridgehead atoms. The number of fused-ring (bicyclic) bond motifs is 1. The van der Waals surface area contributed by atoms with Crippen LogP contribution in [-0.2, 0) is 9.59 Å². The molecule has 1 aromatic carbocycles. The first-order chi connectivity index (χ1) is 9.86. The smallest absolute Gasteiger partial charge is 0.335 e. The second-order valence-corrected chi connectivity index (χ2v) is 4.72. The predicted molar refractivity (Wildman–Crippen MR) is 72.7 cm³/mol. The van der Waals surface area contributed by atoms with Gasteiger partial charge in [0, 0.05) is 0 Å². The number of aliphatic carboxylic acids is 1. The fourth-order valence-electron chi connectivity index (χ4n) is 2.28. The van der Waals surface area contributed by atoms with Crippen LogP contribution in [0.4, 0.5) is 5.69 Å². The van der Waals surface area contributed by atoms with Gasteiger partial charge in [0.2, 0.25) is 0 Å². The largest absolute Gasteiger partial charge is 0.480 e. The number of carboxylic acids is 2. The molecule has 1 amide bonds. The Morgan fingerprint density at radius 2 is 2.05 bits per heavy atom.